The molecule has 0 aromatic heterocycles. The highest BCUT2D eigenvalue weighted by atomic mass is 19.4. The molecule has 0 bridgehead atoms. The van der Waals surface area contributed by atoms with Crippen molar-refractivity contribution in [2.75, 3.05) is 65.4 Å². The van der Waals surface area contributed by atoms with Crippen LogP contribution < -0.4 is 0 Å². The SMILES string of the molecule is O=C(c1cc(C(F)(F)F)cc(C(F)(F)F)c1)N1CCC(N2CCC3(CCN(Cc4ccccc4)C3)CC2)CC1Cc1ccccc1.O=C(c1cc(C(F)(F)F)cc(C(F)(F)F)c1)N1CCC(N2CCC3(CCN(Cc4ccccc4)C3)CC2)CC1Cc1ccccc1. The Bertz CT molecular complexity index is 3130. The summed E-state index contributed by atoms with van der Waals surface area (Å²) in [6, 6.07) is 42.1. The lowest BCUT2D eigenvalue weighted by Crippen LogP contribution is -2.55. The Kier molecular flexibility index (Phi) is 20.1. The summed E-state index contributed by atoms with van der Waals surface area (Å²) in [5.41, 5.74) is -1.90. The van der Waals surface area contributed by atoms with Crippen molar-refractivity contribution in [2.24, 2.45) is 10.8 Å². The fourth-order valence-electron chi connectivity index (χ4n) is 15.5. The summed E-state index contributed by atoms with van der Waals surface area (Å²) in [4.78, 5) is 40.6. The quantitative estimate of drug-likeness (QED) is 0.114. The molecule has 20 heteroatoms. The highest BCUT2D eigenvalue weighted by Gasteiger charge is 2.47. The molecule has 2 amide bonds. The van der Waals surface area contributed by atoms with Gasteiger partial charge in [-0.05, 0) is 186 Å². The highest BCUT2D eigenvalue weighted by molar-refractivity contribution is 5.95. The van der Waals surface area contributed by atoms with E-state index in [1.165, 1.54) is 33.8 Å². The van der Waals surface area contributed by atoms with E-state index in [1.807, 2.05) is 72.8 Å². The number of piperidine rings is 4. The lowest BCUT2D eigenvalue weighted by Gasteiger charge is -2.47. The van der Waals surface area contributed by atoms with E-state index >= 15 is 0 Å². The van der Waals surface area contributed by atoms with Crippen LogP contribution in [-0.2, 0) is 50.6 Å². The van der Waals surface area contributed by atoms with Crippen molar-refractivity contribution in [1.82, 2.24) is 29.4 Å². The van der Waals surface area contributed by atoms with Crippen LogP contribution in [0.2, 0.25) is 0 Å². The topological polar surface area (TPSA) is 53.6 Å². The van der Waals surface area contributed by atoms with Gasteiger partial charge in [-0.2, -0.15) is 52.7 Å². The molecule has 6 saturated heterocycles. The van der Waals surface area contributed by atoms with Gasteiger partial charge in [0.15, 0.2) is 0 Å². The summed E-state index contributed by atoms with van der Waals surface area (Å²) >= 11 is 0. The first-order valence-corrected chi connectivity index (χ1v) is 32.1. The summed E-state index contributed by atoms with van der Waals surface area (Å²) < 4.78 is 163. The standard InChI is InChI=1S/2C36H39F6N3O/c2*37-35(38,39)29-20-28(21-30(22-29)36(40,41)42)33(46)45-15-11-31(23-32(45)19-26-7-3-1-4-8-26)44-17-13-34(14-18-44)12-16-43(25-34)24-27-9-5-2-6-10-27/h2*1-10,20-22,31-32H,11-19,23-25H2. The molecule has 8 nitrogen and oxygen atoms in total. The second-order valence-corrected chi connectivity index (χ2v) is 26.6. The van der Waals surface area contributed by atoms with Gasteiger partial charge in [0.05, 0.1) is 22.3 Å². The van der Waals surface area contributed by atoms with E-state index in [-0.39, 0.29) is 49.4 Å². The smallest absolute Gasteiger partial charge is 0.335 e. The van der Waals surface area contributed by atoms with Crippen LogP contribution in [0.4, 0.5) is 52.7 Å². The van der Waals surface area contributed by atoms with Crippen molar-refractivity contribution >= 4 is 11.8 Å². The lowest BCUT2D eigenvalue weighted by molar-refractivity contribution is -0.144. The van der Waals surface area contributed by atoms with Gasteiger partial charge < -0.3 is 19.6 Å². The third-order valence-corrected chi connectivity index (χ3v) is 20.5. The summed E-state index contributed by atoms with van der Waals surface area (Å²) in [5.74, 6) is -1.59. The molecule has 0 N–H and O–H groups in total. The van der Waals surface area contributed by atoms with Crippen LogP contribution in [0.1, 0.15) is 129 Å². The van der Waals surface area contributed by atoms with Gasteiger partial charge in [-0.15, -0.1) is 0 Å². The van der Waals surface area contributed by atoms with E-state index in [4.69, 9.17) is 0 Å². The van der Waals surface area contributed by atoms with E-state index in [1.54, 1.807) is 0 Å². The number of benzene rings is 6. The minimum absolute atomic E-state index is 0.0683. The zero-order valence-corrected chi connectivity index (χ0v) is 51.3. The molecule has 4 unspecified atom stereocenters. The summed E-state index contributed by atoms with van der Waals surface area (Å²) in [6.45, 7) is 10.5. The van der Waals surface area contributed by atoms with E-state index < -0.39 is 69.9 Å². The van der Waals surface area contributed by atoms with Gasteiger partial charge >= 0.3 is 24.7 Å². The molecule has 2 spiro atoms. The van der Waals surface area contributed by atoms with Gasteiger partial charge in [0.1, 0.15) is 0 Å². The molecule has 492 valence electrons. The number of likely N-dealkylation sites (tertiary alicyclic amines) is 6. The van der Waals surface area contributed by atoms with E-state index in [9.17, 15) is 62.3 Å². The number of halogens is 12. The monoisotopic (exact) mass is 1290 g/mol. The van der Waals surface area contributed by atoms with Gasteiger partial charge in [-0.25, -0.2) is 0 Å². The van der Waals surface area contributed by atoms with Crippen LogP contribution in [-0.4, -0.2) is 131 Å². The number of carbonyl (C=O) groups is 2. The fourth-order valence-corrected chi connectivity index (χ4v) is 15.5. The molecule has 6 aliphatic heterocycles. The Balaban J connectivity index is 0.000000188. The number of alkyl halides is 12. The summed E-state index contributed by atoms with van der Waals surface area (Å²) in [5, 5.41) is 0. The molecule has 0 saturated carbocycles. The molecule has 0 aliphatic carbocycles. The zero-order chi connectivity index (χ0) is 65.1. The van der Waals surface area contributed by atoms with Gasteiger partial charge in [-0.1, -0.05) is 121 Å². The van der Waals surface area contributed by atoms with E-state index in [0.29, 0.717) is 73.6 Å². The molecule has 6 aliphatic rings. The maximum Gasteiger partial charge on any atom is 0.416 e. The normalized spacial score (nSPS) is 22.8. The third kappa shape index (κ3) is 16.4. The van der Waals surface area contributed by atoms with Crippen molar-refractivity contribution in [3.05, 3.63) is 213 Å². The Morgan fingerprint density at radius 3 is 0.946 bits per heavy atom. The van der Waals surface area contributed by atoms with Crippen molar-refractivity contribution < 1.29 is 62.3 Å². The molecule has 0 radical (unpaired) electrons. The first-order valence-electron chi connectivity index (χ1n) is 32.1. The molecule has 6 aromatic rings. The minimum atomic E-state index is -5.02. The number of carbonyl (C=O) groups excluding carboxylic acids is 2. The number of hydrogen-bond acceptors (Lipinski definition) is 6. The Labute approximate surface area is 530 Å². The second-order valence-electron chi connectivity index (χ2n) is 26.6. The number of hydrogen-bond donors (Lipinski definition) is 0. The molecule has 6 fully saturated rings. The average molecular weight is 1290 g/mol. The second kappa shape index (κ2) is 27.7. The summed E-state index contributed by atoms with van der Waals surface area (Å²) in [7, 11) is 0. The van der Waals surface area contributed by atoms with E-state index in [0.717, 1.165) is 102 Å². The summed E-state index contributed by atoms with van der Waals surface area (Å²) in [6.07, 6.45) is -9.96. The maximum absolute atomic E-state index is 13.7. The van der Waals surface area contributed by atoms with Gasteiger partial charge in [0.25, 0.3) is 11.8 Å². The molecular formula is C72H78F12N6O2. The Morgan fingerprint density at radius 2 is 0.652 bits per heavy atom. The molecule has 6 aromatic carbocycles. The van der Waals surface area contributed by atoms with Gasteiger partial charge in [-0.3, -0.25) is 19.4 Å². The molecule has 4 atom stereocenters. The minimum Gasteiger partial charge on any atom is -0.335 e. The van der Waals surface area contributed by atoms with Crippen LogP contribution in [0.3, 0.4) is 0 Å². The van der Waals surface area contributed by atoms with Crippen LogP contribution in [0.15, 0.2) is 158 Å². The maximum atomic E-state index is 13.7. The lowest BCUT2D eigenvalue weighted by atomic mass is 9.77. The third-order valence-electron chi connectivity index (χ3n) is 20.5. The van der Waals surface area contributed by atoms with Crippen LogP contribution in [0.25, 0.3) is 0 Å². The first-order chi connectivity index (χ1) is 43.8. The average Bonchev–Trinajstić information content (AvgIpc) is 0.951. The van der Waals surface area contributed by atoms with Crippen LogP contribution in [0.5, 0.6) is 0 Å². The predicted molar refractivity (Wildman–Crippen MR) is 328 cm³/mol. The zero-order valence-electron chi connectivity index (χ0n) is 51.3. The van der Waals surface area contributed by atoms with Crippen molar-refractivity contribution in [1.29, 1.82) is 0 Å². The number of nitrogens with zero attached hydrogens (tertiary/aromatic N) is 6. The molecule has 6 heterocycles. The van der Waals surface area contributed by atoms with E-state index in [2.05, 4.69) is 68.1 Å². The van der Waals surface area contributed by atoms with Crippen molar-refractivity contribution in [3.63, 3.8) is 0 Å². The largest absolute Gasteiger partial charge is 0.416 e. The molecular weight excluding hydrogens is 1210 g/mol. The van der Waals surface area contributed by atoms with Gasteiger partial charge in [0, 0.05) is 74.6 Å². The Morgan fingerprint density at radius 1 is 0.370 bits per heavy atom. The molecule has 12 rings (SSSR count). The first kappa shape index (κ1) is 66.7. The van der Waals surface area contributed by atoms with Crippen molar-refractivity contribution in [2.45, 2.75) is 139 Å². The van der Waals surface area contributed by atoms with Crippen molar-refractivity contribution in [3.8, 4) is 0 Å². The van der Waals surface area contributed by atoms with Gasteiger partial charge in [0.2, 0.25) is 0 Å². The fraction of sp³-hybridized carbons (Fsp3) is 0.472. The number of rotatable bonds is 12. The number of amides is 2. The molecule has 92 heavy (non-hydrogen) atoms. The predicted octanol–water partition coefficient (Wildman–Crippen LogP) is 15.9. The Hall–Kier alpha value is -6.74. The van der Waals surface area contributed by atoms with Crippen LogP contribution in [0, 0.1) is 10.8 Å². The highest BCUT2D eigenvalue weighted by Crippen LogP contribution is 2.45. The van der Waals surface area contributed by atoms with Crippen LogP contribution >= 0.6 is 0 Å².